The maximum absolute atomic E-state index is 10.5. The van der Waals surface area contributed by atoms with E-state index in [4.69, 9.17) is 0 Å². The summed E-state index contributed by atoms with van der Waals surface area (Å²) in [5.74, 6) is 0. The van der Waals surface area contributed by atoms with Crippen molar-refractivity contribution in [2.24, 2.45) is 0 Å². The van der Waals surface area contributed by atoms with Gasteiger partial charge in [0.1, 0.15) is 6.29 Å². The molecule has 1 aromatic carbocycles. The molecule has 0 fully saturated rings. The molecule has 0 saturated heterocycles. The molecule has 0 radical (unpaired) electrons. The molecule has 0 saturated carbocycles. The minimum absolute atomic E-state index is 0.584. The highest BCUT2D eigenvalue weighted by Crippen LogP contribution is 2.26. The summed E-state index contributed by atoms with van der Waals surface area (Å²) in [4.78, 5) is 11.7. The Morgan fingerprint density at radius 1 is 1.38 bits per heavy atom. The number of thioether (sulfide) groups is 1. The molecule has 70 valence electrons. The summed E-state index contributed by atoms with van der Waals surface area (Å²) in [6.45, 7) is 6.37. The van der Waals surface area contributed by atoms with Crippen molar-refractivity contribution < 1.29 is 4.79 Å². The molecular weight excluding hydrogens is 180 g/mol. The number of aldehydes is 1. The van der Waals surface area contributed by atoms with Crippen molar-refractivity contribution in [3.8, 4) is 0 Å². The average Bonchev–Trinajstić information content (AvgIpc) is 2.08. The van der Waals surface area contributed by atoms with Crippen LogP contribution in [0.2, 0.25) is 0 Å². The Morgan fingerprint density at radius 3 is 2.54 bits per heavy atom. The summed E-state index contributed by atoms with van der Waals surface area (Å²) in [5, 5.41) is 0.584. The van der Waals surface area contributed by atoms with Crippen LogP contribution in [-0.2, 0) is 0 Å². The maximum Gasteiger partial charge on any atom is 0.150 e. The second kappa shape index (κ2) is 4.47. The van der Waals surface area contributed by atoms with Crippen LogP contribution >= 0.6 is 11.8 Å². The lowest BCUT2D eigenvalue weighted by Crippen LogP contribution is -1.90. The number of aryl methyl sites for hydroxylation is 1. The van der Waals surface area contributed by atoms with E-state index in [2.05, 4.69) is 13.8 Å². The molecule has 0 amide bonds. The second-order valence-electron chi connectivity index (χ2n) is 3.31. The lowest BCUT2D eigenvalue weighted by Gasteiger charge is -2.08. The number of rotatable bonds is 3. The predicted octanol–water partition coefficient (Wildman–Crippen LogP) is 3.31. The van der Waals surface area contributed by atoms with Crippen LogP contribution in [0, 0.1) is 6.92 Å². The molecule has 1 rings (SSSR count). The summed E-state index contributed by atoms with van der Waals surface area (Å²) >= 11 is 1.83. The van der Waals surface area contributed by atoms with Gasteiger partial charge in [-0.15, -0.1) is 11.8 Å². The molecule has 13 heavy (non-hydrogen) atoms. The van der Waals surface area contributed by atoms with Gasteiger partial charge in [0.05, 0.1) is 0 Å². The molecule has 0 spiro atoms. The van der Waals surface area contributed by atoms with Gasteiger partial charge in [-0.3, -0.25) is 4.79 Å². The van der Waals surface area contributed by atoms with E-state index in [0.717, 1.165) is 11.8 Å². The summed E-state index contributed by atoms with van der Waals surface area (Å²) in [7, 11) is 0. The van der Waals surface area contributed by atoms with Crippen molar-refractivity contribution >= 4 is 18.0 Å². The smallest absolute Gasteiger partial charge is 0.150 e. The standard InChI is InChI=1S/C11H14OS/c1-8(2)13-11-5-4-10(7-12)6-9(11)3/h4-8H,1-3H3. The van der Waals surface area contributed by atoms with Crippen LogP contribution < -0.4 is 0 Å². The van der Waals surface area contributed by atoms with Crippen LogP contribution in [0.3, 0.4) is 0 Å². The maximum atomic E-state index is 10.5. The van der Waals surface area contributed by atoms with Gasteiger partial charge in [-0.2, -0.15) is 0 Å². The number of carbonyl (C=O) groups is 1. The summed E-state index contributed by atoms with van der Waals surface area (Å²) in [5.41, 5.74) is 1.94. The van der Waals surface area contributed by atoms with E-state index in [-0.39, 0.29) is 0 Å². The highest BCUT2D eigenvalue weighted by molar-refractivity contribution is 8.00. The first-order chi connectivity index (χ1) is 6.13. The number of carbonyl (C=O) groups excluding carboxylic acids is 1. The summed E-state index contributed by atoms with van der Waals surface area (Å²) in [6.07, 6.45) is 0.886. The monoisotopic (exact) mass is 194 g/mol. The van der Waals surface area contributed by atoms with Crippen molar-refractivity contribution in [2.45, 2.75) is 30.9 Å². The molecule has 0 aliphatic carbocycles. The zero-order valence-electron chi connectivity index (χ0n) is 8.20. The Bertz CT molecular complexity index is 305. The fraction of sp³-hybridized carbons (Fsp3) is 0.364. The van der Waals surface area contributed by atoms with E-state index in [1.54, 1.807) is 0 Å². The lowest BCUT2D eigenvalue weighted by atomic mass is 10.2. The highest BCUT2D eigenvalue weighted by atomic mass is 32.2. The van der Waals surface area contributed by atoms with Crippen LogP contribution in [0.5, 0.6) is 0 Å². The van der Waals surface area contributed by atoms with Gasteiger partial charge in [0.2, 0.25) is 0 Å². The third kappa shape index (κ3) is 2.88. The van der Waals surface area contributed by atoms with Gasteiger partial charge in [0.15, 0.2) is 0 Å². The van der Waals surface area contributed by atoms with E-state index in [9.17, 15) is 4.79 Å². The molecule has 0 unspecified atom stereocenters. The summed E-state index contributed by atoms with van der Waals surface area (Å²) < 4.78 is 0. The Labute approximate surface area is 83.5 Å². The number of hydrogen-bond acceptors (Lipinski definition) is 2. The van der Waals surface area contributed by atoms with Crippen LogP contribution in [0.4, 0.5) is 0 Å². The van der Waals surface area contributed by atoms with E-state index in [1.807, 2.05) is 36.9 Å². The van der Waals surface area contributed by atoms with E-state index in [0.29, 0.717) is 5.25 Å². The van der Waals surface area contributed by atoms with E-state index < -0.39 is 0 Å². The van der Waals surface area contributed by atoms with Crippen LogP contribution in [-0.4, -0.2) is 11.5 Å². The fourth-order valence-corrected chi connectivity index (χ4v) is 2.03. The Morgan fingerprint density at radius 2 is 2.08 bits per heavy atom. The van der Waals surface area contributed by atoms with E-state index >= 15 is 0 Å². The van der Waals surface area contributed by atoms with Crippen molar-refractivity contribution in [1.29, 1.82) is 0 Å². The van der Waals surface area contributed by atoms with Crippen molar-refractivity contribution in [1.82, 2.24) is 0 Å². The molecule has 0 atom stereocenters. The molecule has 1 aromatic rings. The molecule has 2 heteroatoms. The van der Waals surface area contributed by atoms with Crippen molar-refractivity contribution in [3.05, 3.63) is 29.3 Å². The van der Waals surface area contributed by atoms with Gasteiger partial charge in [0.25, 0.3) is 0 Å². The molecule has 0 aliphatic heterocycles. The lowest BCUT2D eigenvalue weighted by molar-refractivity contribution is 0.112. The van der Waals surface area contributed by atoms with Gasteiger partial charge < -0.3 is 0 Å². The van der Waals surface area contributed by atoms with Gasteiger partial charge in [-0.05, 0) is 24.6 Å². The molecular formula is C11H14OS. The summed E-state index contributed by atoms with van der Waals surface area (Å²) in [6, 6.07) is 5.81. The average molecular weight is 194 g/mol. The molecule has 0 aromatic heterocycles. The fourth-order valence-electron chi connectivity index (χ4n) is 1.13. The van der Waals surface area contributed by atoms with Gasteiger partial charge in [-0.1, -0.05) is 19.9 Å². The number of benzene rings is 1. The largest absolute Gasteiger partial charge is 0.298 e. The third-order valence-electron chi connectivity index (χ3n) is 1.70. The minimum atomic E-state index is 0.584. The topological polar surface area (TPSA) is 17.1 Å². The first-order valence-electron chi connectivity index (χ1n) is 4.36. The Balaban J connectivity index is 2.91. The van der Waals surface area contributed by atoms with E-state index in [1.165, 1.54) is 10.5 Å². The zero-order valence-corrected chi connectivity index (χ0v) is 9.02. The molecule has 0 aliphatic rings. The quantitative estimate of drug-likeness (QED) is 0.542. The Kier molecular flexibility index (Phi) is 3.55. The first kappa shape index (κ1) is 10.3. The highest BCUT2D eigenvalue weighted by Gasteiger charge is 2.02. The van der Waals surface area contributed by atoms with Crippen LogP contribution in [0.25, 0.3) is 0 Å². The first-order valence-corrected chi connectivity index (χ1v) is 5.24. The predicted molar refractivity (Wildman–Crippen MR) is 57.6 cm³/mol. The SMILES string of the molecule is Cc1cc(C=O)ccc1SC(C)C. The normalized spacial score (nSPS) is 10.5. The van der Waals surface area contributed by atoms with Gasteiger partial charge in [0, 0.05) is 15.7 Å². The van der Waals surface area contributed by atoms with Gasteiger partial charge in [-0.25, -0.2) is 0 Å². The minimum Gasteiger partial charge on any atom is -0.298 e. The molecule has 0 bridgehead atoms. The Hall–Kier alpha value is -0.760. The molecule has 1 nitrogen and oxygen atoms in total. The van der Waals surface area contributed by atoms with Crippen molar-refractivity contribution in [3.63, 3.8) is 0 Å². The second-order valence-corrected chi connectivity index (χ2v) is 4.93. The zero-order chi connectivity index (χ0) is 9.84. The van der Waals surface area contributed by atoms with Crippen molar-refractivity contribution in [2.75, 3.05) is 0 Å². The third-order valence-corrected chi connectivity index (χ3v) is 2.88. The molecule has 0 N–H and O–H groups in total. The van der Waals surface area contributed by atoms with Gasteiger partial charge >= 0.3 is 0 Å². The molecule has 0 heterocycles. The van der Waals surface area contributed by atoms with Crippen LogP contribution in [0.15, 0.2) is 23.1 Å². The van der Waals surface area contributed by atoms with Crippen LogP contribution in [0.1, 0.15) is 29.8 Å². The number of hydrogen-bond donors (Lipinski definition) is 0.